The molecule has 1 aromatic heterocycles. The molecule has 0 saturated heterocycles. The Morgan fingerprint density at radius 1 is 0.621 bits per heavy atom. The maximum atomic E-state index is 2.46. The molecule has 4 aromatic carbocycles. The van der Waals surface area contributed by atoms with Crippen LogP contribution >= 0.6 is 10.0 Å². The number of hydrogen-bond acceptors (Lipinski definition) is 0. The first-order chi connectivity index (χ1) is 14.1. The second-order valence-corrected chi connectivity index (χ2v) is 11.8. The number of rotatable bonds is 1. The molecule has 0 unspecified atom stereocenters. The molecule has 0 saturated carbocycles. The second-order valence-electron chi connectivity index (χ2n) is 8.31. The number of benzene rings is 4. The first-order valence-electron chi connectivity index (χ1n) is 10.0. The van der Waals surface area contributed by atoms with Gasteiger partial charge in [0.1, 0.15) is 0 Å². The fourth-order valence-electron chi connectivity index (χ4n) is 5.06. The lowest BCUT2D eigenvalue weighted by Gasteiger charge is -2.28. The largest absolute Gasteiger partial charge is 0.343 e. The average Bonchev–Trinajstić information content (AvgIpc) is 3.18. The smallest absolute Gasteiger partial charge is 0.0568 e. The quantitative estimate of drug-likeness (QED) is 0.278. The van der Waals surface area contributed by atoms with Crippen LogP contribution in [0.4, 0.5) is 0 Å². The molecule has 1 aliphatic heterocycles. The van der Waals surface area contributed by atoms with Crippen molar-refractivity contribution in [3.05, 3.63) is 84.9 Å². The van der Waals surface area contributed by atoms with Crippen molar-refractivity contribution >= 4 is 31.8 Å². The van der Waals surface area contributed by atoms with E-state index in [1.165, 1.54) is 53.9 Å². The third kappa shape index (κ3) is 2.18. The van der Waals surface area contributed by atoms with Crippen LogP contribution in [0.25, 0.3) is 44.1 Å². The Labute approximate surface area is 172 Å². The molecule has 2 heteroatoms. The van der Waals surface area contributed by atoms with E-state index in [9.17, 15) is 0 Å². The molecule has 1 aliphatic rings. The summed E-state index contributed by atoms with van der Waals surface area (Å²) in [6.45, 7) is 0. The number of aromatic nitrogens is 1. The normalized spacial score (nSPS) is 15.4. The zero-order valence-corrected chi connectivity index (χ0v) is 17.8. The number of hydrogen-bond donors (Lipinski definition) is 0. The van der Waals surface area contributed by atoms with E-state index >= 15 is 0 Å². The fraction of sp³-hybridized carbons (Fsp3) is 0.111. The Morgan fingerprint density at radius 2 is 1.31 bits per heavy atom. The third-order valence-corrected chi connectivity index (χ3v) is 9.39. The van der Waals surface area contributed by atoms with Crippen LogP contribution in [0.3, 0.4) is 0 Å². The van der Waals surface area contributed by atoms with Crippen LogP contribution in [0.2, 0.25) is 0 Å². The Hall–Kier alpha value is -2.97. The Kier molecular flexibility index (Phi) is 3.37. The fourth-order valence-corrected chi connectivity index (χ4v) is 7.59. The Morgan fingerprint density at radius 3 is 2.21 bits per heavy atom. The third-order valence-electron chi connectivity index (χ3n) is 6.50. The zero-order chi connectivity index (χ0) is 19.8. The van der Waals surface area contributed by atoms with E-state index in [1.54, 1.807) is 0 Å². The van der Waals surface area contributed by atoms with E-state index in [0.29, 0.717) is 0 Å². The van der Waals surface area contributed by atoms with Crippen molar-refractivity contribution in [2.45, 2.75) is 9.79 Å². The molecular formula is C27H23NS. The minimum absolute atomic E-state index is 0.990. The molecule has 29 heavy (non-hydrogen) atoms. The van der Waals surface area contributed by atoms with Crippen molar-refractivity contribution in [1.82, 2.24) is 4.57 Å². The van der Waals surface area contributed by atoms with Crippen LogP contribution in [0, 0.1) is 0 Å². The van der Waals surface area contributed by atoms with Gasteiger partial charge < -0.3 is 4.57 Å². The van der Waals surface area contributed by atoms with Gasteiger partial charge >= 0.3 is 0 Å². The maximum absolute atomic E-state index is 2.46. The van der Waals surface area contributed by atoms with Gasteiger partial charge in [0.05, 0.1) is 5.52 Å². The molecule has 0 radical (unpaired) electrons. The molecule has 0 amide bonds. The molecular weight excluding hydrogens is 370 g/mol. The second kappa shape index (κ2) is 5.77. The molecule has 1 nitrogen and oxygen atoms in total. The number of para-hydroxylation sites is 2. The summed E-state index contributed by atoms with van der Waals surface area (Å²) < 4.78 is 2.35. The van der Waals surface area contributed by atoms with E-state index in [1.807, 2.05) is 0 Å². The summed E-state index contributed by atoms with van der Waals surface area (Å²) in [5, 5.41) is 2.65. The molecule has 0 aliphatic carbocycles. The van der Waals surface area contributed by atoms with Gasteiger partial charge in [-0.25, -0.2) is 0 Å². The van der Waals surface area contributed by atoms with Gasteiger partial charge in [-0.05, 0) is 47.4 Å². The summed E-state index contributed by atoms with van der Waals surface area (Å²) in [5.74, 6) is 0. The molecule has 0 atom stereocenters. The van der Waals surface area contributed by atoms with Gasteiger partial charge in [0.25, 0.3) is 0 Å². The van der Waals surface area contributed by atoms with Crippen LogP contribution in [-0.2, 0) is 7.05 Å². The summed E-state index contributed by atoms with van der Waals surface area (Å²) in [6, 6.07) is 31.5. The van der Waals surface area contributed by atoms with Gasteiger partial charge in [-0.15, -0.1) is 0 Å². The molecule has 142 valence electrons. The van der Waals surface area contributed by atoms with Gasteiger partial charge in [-0.2, -0.15) is 10.0 Å². The van der Waals surface area contributed by atoms with Gasteiger partial charge in [0.2, 0.25) is 0 Å². The predicted octanol–water partition coefficient (Wildman–Crippen LogP) is 7.46. The minimum atomic E-state index is -0.990. The zero-order valence-electron chi connectivity index (χ0n) is 16.9. The van der Waals surface area contributed by atoms with Gasteiger partial charge in [-0.1, -0.05) is 66.7 Å². The van der Waals surface area contributed by atoms with Crippen molar-refractivity contribution < 1.29 is 0 Å². The van der Waals surface area contributed by atoms with E-state index in [4.69, 9.17) is 0 Å². The molecule has 2 heterocycles. The Bertz CT molecular complexity index is 1440. The van der Waals surface area contributed by atoms with Crippen molar-refractivity contribution in [2.75, 3.05) is 12.5 Å². The van der Waals surface area contributed by atoms with Crippen molar-refractivity contribution in [1.29, 1.82) is 0 Å². The minimum Gasteiger partial charge on any atom is -0.343 e. The van der Waals surface area contributed by atoms with Crippen molar-refractivity contribution in [3.8, 4) is 22.3 Å². The lowest BCUT2D eigenvalue weighted by Crippen LogP contribution is -1.94. The molecule has 0 spiro atoms. The van der Waals surface area contributed by atoms with Gasteiger partial charge in [0.15, 0.2) is 0 Å². The average molecular weight is 394 g/mol. The highest BCUT2D eigenvalue weighted by Gasteiger charge is 2.31. The van der Waals surface area contributed by atoms with Gasteiger partial charge in [0, 0.05) is 38.7 Å². The van der Waals surface area contributed by atoms with E-state index in [-0.39, 0.29) is 0 Å². The van der Waals surface area contributed by atoms with E-state index in [0.717, 1.165) is 0 Å². The van der Waals surface area contributed by atoms with E-state index < -0.39 is 10.0 Å². The summed E-state index contributed by atoms with van der Waals surface area (Å²) in [4.78, 5) is 3.02. The van der Waals surface area contributed by atoms with Crippen LogP contribution in [0.5, 0.6) is 0 Å². The van der Waals surface area contributed by atoms with Crippen LogP contribution in [0.1, 0.15) is 0 Å². The topological polar surface area (TPSA) is 4.93 Å². The monoisotopic (exact) mass is 393 g/mol. The van der Waals surface area contributed by atoms with Crippen LogP contribution in [-0.4, -0.2) is 17.1 Å². The first-order valence-corrected chi connectivity index (χ1v) is 12.5. The lowest BCUT2D eigenvalue weighted by atomic mass is 9.98. The molecule has 5 aromatic rings. The summed E-state index contributed by atoms with van der Waals surface area (Å²) >= 11 is 0. The maximum Gasteiger partial charge on any atom is 0.0568 e. The highest BCUT2D eigenvalue weighted by molar-refractivity contribution is 8.33. The molecule has 0 fully saturated rings. The molecule has 6 rings (SSSR count). The van der Waals surface area contributed by atoms with Crippen LogP contribution in [0.15, 0.2) is 94.7 Å². The Balaban J connectivity index is 1.64. The van der Waals surface area contributed by atoms with Gasteiger partial charge in [-0.3, -0.25) is 0 Å². The predicted molar refractivity (Wildman–Crippen MR) is 127 cm³/mol. The molecule has 0 N–H and O–H groups in total. The number of fused-ring (bicyclic) bond motifs is 6. The summed E-state index contributed by atoms with van der Waals surface area (Å²) in [5.41, 5.74) is 8.06. The highest BCUT2D eigenvalue weighted by Crippen LogP contribution is 2.67. The van der Waals surface area contributed by atoms with Crippen molar-refractivity contribution in [2.24, 2.45) is 7.05 Å². The summed E-state index contributed by atoms with van der Waals surface area (Å²) in [6.07, 6.45) is 4.86. The number of nitrogens with zero attached hydrogens (tertiary/aromatic N) is 1. The standard InChI is InChI=1S/C27H23NS/c1-28-24-13-6-4-9-20(24)23-12-8-11-19(27(23)28)18-15-16-22-21-10-5-7-14-25(21)29(2,3)26(22)17-18/h4-17H,1-3H3. The highest BCUT2D eigenvalue weighted by atomic mass is 32.3. The van der Waals surface area contributed by atoms with E-state index in [2.05, 4.69) is 109 Å². The van der Waals surface area contributed by atoms with Crippen molar-refractivity contribution in [3.63, 3.8) is 0 Å². The lowest BCUT2D eigenvalue weighted by molar-refractivity contribution is 1.01. The molecule has 0 bridgehead atoms. The van der Waals surface area contributed by atoms with Crippen LogP contribution < -0.4 is 0 Å². The number of aryl methyl sites for hydroxylation is 1. The first kappa shape index (κ1) is 16.9. The summed E-state index contributed by atoms with van der Waals surface area (Å²) in [7, 11) is 1.20. The SMILES string of the molecule is Cn1c2ccccc2c2cccc(-c3ccc4c(c3)S(C)(C)c3ccccc3-4)c21.